The van der Waals surface area contributed by atoms with Crippen molar-refractivity contribution in [1.82, 2.24) is 0 Å². The van der Waals surface area contributed by atoms with E-state index in [1.54, 1.807) is 24.3 Å². The summed E-state index contributed by atoms with van der Waals surface area (Å²) < 4.78 is 0. The van der Waals surface area contributed by atoms with Crippen LogP contribution in [-0.4, -0.2) is 5.91 Å². The highest BCUT2D eigenvalue weighted by atomic mass is 35.5. The van der Waals surface area contributed by atoms with Crippen molar-refractivity contribution in [2.45, 2.75) is 6.92 Å². The molecule has 1 heterocycles. The smallest absolute Gasteiger partial charge is 0.258 e. The van der Waals surface area contributed by atoms with Gasteiger partial charge in [-0.2, -0.15) is 0 Å². The number of carbonyl (C=O) groups is 1. The minimum atomic E-state index is -0.130. The van der Waals surface area contributed by atoms with Crippen molar-refractivity contribution in [2.75, 3.05) is 16.4 Å². The van der Waals surface area contributed by atoms with E-state index in [0.29, 0.717) is 16.3 Å². The zero-order valence-electron chi connectivity index (χ0n) is 11.4. The molecule has 21 heavy (non-hydrogen) atoms. The normalized spacial score (nSPS) is 15.4. The van der Waals surface area contributed by atoms with Crippen LogP contribution in [0.15, 0.2) is 48.2 Å². The quantitative estimate of drug-likeness (QED) is 0.585. The van der Waals surface area contributed by atoms with Gasteiger partial charge in [0.1, 0.15) is 0 Å². The van der Waals surface area contributed by atoms with Gasteiger partial charge in [-0.05, 0) is 49.4 Å². The van der Waals surface area contributed by atoms with E-state index in [9.17, 15) is 4.79 Å². The second-order valence-corrected chi connectivity index (χ2v) is 5.33. The topological polar surface area (TPSA) is 67.2 Å². The van der Waals surface area contributed by atoms with Gasteiger partial charge in [-0.3, -0.25) is 4.79 Å². The van der Waals surface area contributed by atoms with Crippen LogP contribution in [0.5, 0.6) is 0 Å². The van der Waals surface area contributed by atoms with Gasteiger partial charge in [-0.1, -0.05) is 11.6 Å². The molecule has 0 unspecified atom stereocenters. The molecule has 0 fully saturated rings. The molecule has 4 nitrogen and oxygen atoms in total. The molecule has 0 saturated heterocycles. The first-order chi connectivity index (χ1) is 10.0. The van der Waals surface area contributed by atoms with Crippen molar-refractivity contribution in [3.8, 4) is 0 Å². The number of nitrogen functional groups attached to an aromatic ring is 1. The first kappa shape index (κ1) is 13.5. The predicted octanol–water partition coefficient (Wildman–Crippen LogP) is 3.72. The number of rotatable bonds is 2. The summed E-state index contributed by atoms with van der Waals surface area (Å²) in [6.45, 7) is 1.86. The molecule has 1 aliphatic heterocycles. The van der Waals surface area contributed by atoms with E-state index in [1.165, 1.54) is 0 Å². The summed E-state index contributed by atoms with van der Waals surface area (Å²) in [5.41, 5.74) is 10.3. The molecule has 0 spiro atoms. The molecule has 2 aromatic carbocycles. The Morgan fingerprint density at radius 1 is 1.19 bits per heavy atom. The van der Waals surface area contributed by atoms with E-state index in [2.05, 4.69) is 10.6 Å². The Labute approximate surface area is 127 Å². The number of halogens is 1. The van der Waals surface area contributed by atoms with Crippen LogP contribution >= 0.6 is 11.6 Å². The summed E-state index contributed by atoms with van der Waals surface area (Å²) in [6, 6.07) is 12.7. The van der Waals surface area contributed by atoms with E-state index >= 15 is 0 Å². The Hall–Kier alpha value is -2.46. The van der Waals surface area contributed by atoms with E-state index < -0.39 is 0 Å². The summed E-state index contributed by atoms with van der Waals surface area (Å²) in [5.74, 6) is -0.130. The van der Waals surface area contributed by atoms with Crippen molar-refractivity contribution in [3.05, 3.63) is 58.7 Å². The standard InChI is InChI=1S/C16H14ClN3O/c1-9(19-12-5-2-10(17)3-6-12)15-13-8-11(18)4-7-14(13)20-16(15)21/h2-8,19H,18H2,1H3,(H,20,21). The molecule has 5 heteroatoms. The zero-order valence-corrected chi connectivity index (χ0v) is 12.2. The molecule has 1 aliphatic rings. The number of amides is 1. The summed E-state index contributed by atoms with van der Waals surface area (Å²) in [5, 5.41) is 6.73. The molecule has 0 aromatic heterocycles. The lowest BCUT2D eigenvalue weighted by molar-refractivity contribution is -0.110. The summed E-state index contributed by atoms with van der Waals surface area (Å²) in [6.07, 6.45) is 0. The minimum Gasteiger partial charge on any atom is -0.399 e. The summed E-state index contributed by atoms with van der Waals surface area (Å²) >= 11 is 5.87. The Morgan fingerprint density at radius 3 is 2.62 bits per heavy atom. The number of anilines is 3. The molecule has 0 aliphatic carbocycles. The van der Waals surface area contributed by atoms with Crippen LogP contribution in [0.4, 0.5) is 17.1 Å². The van der Waals surface area contributed by atoms with Gasteiger partial charge in [0.15, 0.2) is 0 Å². The highest BCUT2D eigenvalue weighted by Gasteiger charge is 2.26. The SMILES string of the molecule is CC(Nc1ccc(Cl)cc1)=C1C(=O)Nc2ccc(N)cc21. The molecule has 106 valence electrons. The van der Waals surface area contributed by atoms with Gasteiger partial charge in [0.25, 0.3) is 5.91 Å². The van der Waals surface area contributed by atoms with Crippen molar-refractivity contribution in [3.63, 3.8) is 0 Å². The Bertz CT molecular complexity index is 751. The van der Waals surface area contributed by atoms with Crippen molar-refractivity contribution in [2.24, 2.45) is 0 Å². The van der Waals surface area contributed by atoms with Gasteiger partial charge in [-0.15, -0.1) is 0 Å². The molecule has 1 amide bonds. The van der Waals surface area contributed by atoms with Crippen molar-refractivity contribution in [1.29, 1.82) is 0 Å². The molecule has 2 aromatic rings. The predicted molar refractivity (Wildman–Crippen MR) is 87.2 cm³/mol. The lowest BCUT2D eigenvalue weighted by Gasteiger charge is -2.10. The Balaban J connectivity index is 2.00. The van der Waals surface area contributed by atoms with Gasteiger partial charge >= 0.3 is 0 Å². The first-order valence-corrected chi connectivity index (χ1v) is 6.87. The minimum absolute atomic E-state index is 0.130. The van der Waals surface area contributed by atoms with E-state index in [0.717, 1.165) is 22.6 Å². The number of hydrogen-bond donors (Lipinski definition) is 3. The molecular weight excluding hydrogens is 286 g/mol. The maximum atomic E-state index is 12.2. The molecular formula is C16H14ClN3O. The molecule has 0 radical (unpaired) electrons. The number of nitrogens with one attached hydrogen (secondary N) is 2. The van der Waals surface area contributed by atoms with Crippen LogP contribution < -0.4 is 16.4 Å². The van der Waals surface area contributed by atoms with Gasteiger partial charge < -0.3 is 16.4 Å². The van der Waals surface area contributed by atoms with E-state index in [-0.39, 0.29) is 5.91 Å². The number of carbonyl (C=O) groups excluding carboxylic acids is 1. The highest BCUT2D eigenvalue weighted by molar-refractivity contribution is 6.32. The van der Waals surface area contributed by atoms with E-state index in [4.69, 9.17) is 17.3 Å². The zero-order chi connectivity index (χ0) is 15.0. The monoisotopic (exact) mass is 299 g/mol. The van der Waals surface area contributed by atoms with Gasteiger partial charge in [0, 0.05) is 33.3 Å². The van der Waals surface area contributed by atoms with Crippen LogP contribution in [-0.2, 0) is 4.79 Å². The van der Waals surface area contributed by atoms with E-state index in [1.807, 2.05) is 25.1 Å². The fraction of sp³-hybridized carbons (Fsp3) is 0.0625. The lowest BCUT2D eigenvalue weighted by atomic mass is 10.0. The number of allylic oxidation sites excluding steroid dienone is 1. The van der Waals surface area contributed by atoms with Gasteiger partial charge in [-0.25, -0.2) is 0 Å². The molecule has 0 bridgehead atoms. The summed E-state index contributed by atoms with van der Waals surface area (Å²) in [7, 11) is 0. The third-order valence-electron chi connectivity index (χ3n) is 3.34. The van der Waals surface area contributed by atoms with Crippen LogP contribution in [0.2, 0.25) is 5.02 Å². The highest BCUT2D eigenvalue weighted by Crippen LogP contribution is 2.35. The number of benzene rings is 2. The summed E-state index contributed by atoms with van der Waals surface area (Å²) in [4.78, 5) is 12.2. The number of nitrogens with two attached hydrogens (primary N) is 1. The first-order valence-electron chi connectivity index (χ1n) is 6.49. The van der Waals surface area contributed by atoms with Crippen molar-refractivity contribution >= 4 is 40.1 Å². The van der Waals surface area contributed by atoms with Crippen molar-refractivity contribution < 1.29 is 4.79 Å². The third kappa shape index (κ3) is 2.58. The molecule has 0 atom stereocenters. The third-order valence-corrected chi connectivity index (χ3v) is 3.59. The average molecular weight is 300 g/mol. The maximum absolute atomic E-state index is 12.2. The number of hydrogen-bond acceptors (Lipinski definition) is 3. The molecule has 4 N–H and O–H groups in total. The Morgan fingerprint density at radius 2 is 1.90 bits per heavy atom. The Kier molecular flexibility index (Phi) is 3.31. The van der Waals surface area contributed by atoms with Gasteiger partial charge in [0.05, 0.1) is 5.57 Å². The fourth-order valence-electron chi connectivity index (χ4n) is 2.37. The van der Waals surface area contributed by atoms with Crippen LogP contribution in [0, 0.1) is 0 Å². The van der Waals surface area contributed by atoms with Crippen LogP contribution in [0.3, 0.4) is 0 Å². The molecule has 3 rings (SSSR count). The largest absolute Gasteiger partial charge is 0.399 e. The van der Waals surface area contributed by atoms with Gasteiger partial charge in [0.2, 0.25) is 0 Å². The maximum Gasteiger partial charge on any atom is 0.258 e. The lowest BCUT2D eigenvalue weighted by Crippen LogP contribution is -2.08. The van der Waals surface area contributed by atoms with Crippen LogP contribution in [0.25, 0.3) is 5.57 Å². The fourth-order valence-corrected chi connectivity index (χ4v) is 2.50. The second kappa shape index (κ2) is 5.14. The van der Waals surface area contributed by atoms with Crippen LogP contribution in [0.1, 0.15) is 12.5 Å². The molecule has 0 saturated carbocycles. The average Bonchev–Trinajstić information content (AvgIpc) is 2.76. The number of fused-ring (bicyclic) bond motifs is 1. The second-order valence-electron chi connectivity index (χ2n) is 4.89.